The highest BCUT2D eigenvalue weighted by atomic mass is 16.5. The van der Waals surface area contributed by atoms with Gasteiger partial charge in [0.05, 0.1) is 0 Å². The largest absolute Gasteiger partial charge is 0.396 e. The number of nitrogens with two attached hydrogens (primary N) is 1. The molecule has 0 heterocycles. The fourth-order valence-electron chi connectivity index (χ4n) is 2.36. The van der Waals surface area contributed by atoms with Crippen LogP contribution >= 0.6 is 0 Å². The van der Waals surface area contributed by atoms with Crippen molar-refractivity contribution in [3.05, 3.63) is 0 Å². The summed E-state index contributed by atoms with van der Waals surface area (Å²) in [4.78, 5) is 0. The van der Waals surface area contributed by atoms with Crippen LogP contribution in [0.3, 0.4) is 0 Å². The van der Waals surface area contributed by atoms with Crippen molar-refractivity contribution >= 4 is 0 Å². The maximum Gasteiger partial charge on any atom is 0.0497 e. The predicted molar refractivity (Wildman–Crippen MR) is 61.6 cm³/mol. The Morgan fingerprint density at radius 2 is 1.87 bits per heavy atom. The smallest absolute Gasteiger partial charge is 0.0497 e. The molecule has 15 heavy (non-hydrogen) atoms. The van der Waals surface area contributed by atoms with Crippen LogP contribution in [0.25, 0.3) is 0 Å². The summed E-state index contributed by atoms with van der Waals surface area (Å²) in [5.74, 6) is 1.36. The molecule has 0 bridgehead atoms. The Hall–Kier alpha value is -0.120. The fourth-order valence-corrected chi connectivity index (χ4v) is 2.36. The Kier molecular flexibility index (Phi) is 6.98. The van der Waals surface area contributed by atoms with E-state index in [1.54, 1.807) is 0 Å². The van der Waals surface area contributed by atoms with Gasteiger partial charge in [0.1, 0.15) is 0 Å². The summed E-state index contributed by atoms with van der Waals surface area (Å²) in [6.07, 6.45) is 7.05. The van der Waals surface area contributed by atoms with E-state index >= 15 is 0 Å². The standard InChI is InChI=1S/C12H25NO2/c13-9-11-5-1-2-6-12(11)10-15-8-4-3-7-14/h11-12,14H,1-10,13H2. The second-order valence-electron chi connectivity index (χ2n) is 4.55. The van der Waals surface area contributed by atoms with Crippen LogP contribution < -0.4 is 5.73 Å². The van der Waals surface area contributed by atoms with Crippen molar-refractivity contribution in [2.75, 3.05) is 26.4 Å². The molecule has 0 radical (unpaired) electrons. The van der Waals surface area contributed by atoms with Crippen molar-refractivity contribution in [3.8, 4) is 0 Å². The molecule has 90 valence electrons. The minimum absolute atomic E-state index is 0.276. The topological polar surface area (TPSA) is 55.5 Å². The summed E-state index contributed by atoms with van der Waals surface area (Å²) in [5, 5.41) is 8.62. The van der Waals surface area contributed by atoms with Crippen LogP contribution in [0, 0.1) is 11.8 Å². The molecule has 3 heteroatoms. The highest BCUT2D eigenvalue weighted by molar-refractivity contribution is 4.75. The van der Waals surface area contributed by atoms with Crippen molar-refractivity contribution < 1.29 is 9.84 Å². The third-order valence-electron chi connectivity index (χ3n) is 3.40. The van der Waals surface area contributed by atoms with Crippen LogP contribution in [-0.4, -0.2) is 31.5 Å². The Labute approximate surface area is 93.0 Å². The highest BCUT2D eigenvalue weighted by Crippen LogP contribution is 2.29. The van der Waals surface area contributed by atoms with Gasteiger partial charge < -0.3 is 15.6 Å². The lowest BCUT2D eigenvalue weighted by Gasteiger charge is -2.30. The normalized spacial score (nSPS) is 26.8. The van der Waals surface area contributed by atoms with Gasteiger partial charge in [-0.1, -0.05) is 12.8 Å². The summed E-state index contributed by atoms with van der Waals surface area (Å²) in [5.41, 5.74) is 5.76. The fraction of sp³-hybridized carbons (Fsp3) is 1.00. The molecule has 2 atom stereocenters. The van der Waals surface area contributed by atoms with Gasteiger partial charge in [-0.25, -0.2) is 0 Å². The Bertz CT molecular complexity index is 153. The number of aliphatic hydroxyl groups excluding tert-OH is 1. The molecular formula is C12H25NO2. The first-order valence-corrected chi connectivity index (χ1v) is 6.27. The number of ether oxygens (including phenoxy) is 1. The molecule has 0 spiro atoms. The number of unbranched alkanes of at least 4 members (excludes halogenated alkanes) is 1. The maximum absolute atomic E-state index is 8.62. The van der Waals surface area contributed by atoms with Crippen LogP contribution in [-0.2, 0) is 4.74 Å². The minimum Gasteiger partial charge on any atom is -0.396 e. The van der Waals surface area contributed by atoms with Crippen LogP contribution in [0.2, 0.25) is 0 Å². The van der Waals surface area contributed by atoms with Crippen LogP contribution in [0.4, 0.5) is 0 Å². The van der Waals surface area contributed by atoms with Crippen LogP contribution in [0.1, 0.15) is 38.5 Å². The predicted octanol–water partition coefficient (Wildman–Crippen LogP) is 1.54. The number of aliphatic hydroxyl groups is 1. The number of hydrogen-bond acceptors (Lipinski definition) is 3. The molecule has 1 rings (SSSR count). The van der Waals surface area contributed by atoms with E-state index in [-0.39, 0.29) is 6.61 Å². The zero-order chi connectivity index (χ0) is 10.9. The van der Waals surface area contributed by atoms with Gasteiger partial charge in [-0.15, -0.1) is 0 Å². The van der Waals surface area contributed by atoms with Crippen molar-refractivity contribution in [1.82, 2.24) is 0 Å². The number of hydrogen-bond donors (Lipinski definition) is 2. The minimum atomic E-state index is 0.276. The average Bonchev–Trinajstić information content (AvgIpc) is 2.29. The SMILES string of the molecule is NCC1CCCCC1COCCCCO. The summed E-state index contributed by atoms with van der Waals surface area (Å²) < 4.78 is 5.64. The van der Waals surface area contributed by atoms with Gasteiger partial charge in [-0.05, 0) is 44.1 Å². The van der Waals surface area contributed by atoms with Gasteiger partial charge in [0, 0.05) is 19.8 Å². The molecule has 1 saturated carbocycles. The quantitative estimate of drug-likeness (QED) is 0.633. The van der Waals surface area contributed by atoms with Crippen LogP contribution in [0.5, 0.6) is 0 Å². The molecule has 1 fully saturated rings. The lowest BCUT2D eigenvalue weighted by atomic mass is 9.80. The maximum atomic E-state index is 8.62. The molecular weight excluding hydrogens is 190 g/mol. The second-order valence-corrected chi connectivity index (χ2v) is 4.55. The van der Waals surface area contributed by atoms with E-state index in [2.05, 4.69) is 0 Å². The van der Waals surface area contributed by atoms with E-state index in [0.717, 1.165) is 32.6 Å². The third-order valence-corrected chi connectivity index (χ3v) is 3.40. The van der Waals surface area contributed by atoms with Gasteiger partial charge in [0.15, 0.2) is 0 Å². The molecule has 0 aromatic carbocycles. The zero-order valence-electron chi connectivity index (χ0n) is 9.66. The summed E-state index contributed by atoms with van der Waals surface area (Å²) >= 11 is 0. The van der Waals surface area contributed by atoms with Crippen molar-refractivity contribution in [2.24, 2.45) is 17.6 Å². The lowest BCUT2D eigenvalue weighted by molar-refractivity contribution is 0.0573. The average molecular weight is 215 g/mol. The van der Waals surface area contributed by atoms with Crippen molar-refractivity contribution in [2.45, 2.75) is 38.5 Å². The van der Waals surface area contributed by atoms with Gasteiger partial charge in [-0.3, -0.25) is 0 Å². The van der Waals surface area contributed by atoms with E-state index < -0.39 is 0 Å². The Balaban J connectivity index is 2.07. The molecule has 2 unspecified atom stereocenters. The van der Waals surface area contributed by atoms with Crippen molar-refractivity contribution in [3.63, 3.8) is 0 Å². The van der Waals surface area contributed by atoms with E-state index in [9.17, 15) is 0 Å². The lowest BCUT2D eigenvalue weighted by Crippen LogP contribution is -2.30. The Morgan fingerprint density at radius 1 is 1.13 bits per heavy atom. The third kappa shape index (κ3) is 4.96. The number of rotatable bonds is 7. The molecule has 1 aliphatic rings. The van der Waals surface area contributed by atoms with Gasteiger partial charge in [0.2, 0.25) is 0 Å². The molecule has 3 nitrogen and oxygen atoms in total. The molecule has 3 N–H and O–H groups in total. The molecule has 0 aromatic heterocycles. The summed E-state index contributed by atoms with van der Waals surface area (Å²) in [7, 11) is 0. The van der Waals surface area contributed by atoms with E-state index in [1.807, 2.05) is 0 Å². The van der Waals surface area contributed by atoms with E-state index in [1.165, 1.54) is 25.7 Å². The molecule has 0 aromatic rings. The highest BCUT2D eigenvalue weighted by Gasteiger charge is 2.23. The summed E-state index contributed by atoms with van der Waals surface area (Å²) in [6.45, 7) is 2.74. The Morgan fingerprint density at radius 3 is 2.53 bits per heavy atom. The second kappa shape index (κ2) is 8.08. The van der Waals surface area contributed by atoms with E-state index in [4.69, 9.17) is 15.6 Å². The van der Waals surface area contributed by atoms with Gasteiger partial charge in [0.25, 0.3) is 0 Å². The molecule has 0 saturated heterocycles. The van der Waals surface area contributed by atoms with E-state index in [0.29, 0.717) is 11.8 Å². The summed E-state index contributed by atoms with van der Waals surface area (Å²) in [6, 6.07) is 0. The van der Waals surface area contributed by atoms with Gasteiger partial charge >= 0.3 is 0 Å². The molecule has 1 aliphatic carbocycles. The first-order valence-electron chi connectivity index (χ1n) is 6.27. The first kappa shape index (κ1) is 12.9. The monoisotopic (exact) mass is 215 g/mol. The zero-order valence-corrected chi connectivity index (χ0v) is 9.66. The molecule has 0 amide bonds. The van der Waals surface area contributed by atoms with Crippen LogP contribution in [0.15, 0.2) is 0 Å². The van der Waals surface area contributed by atoms with Gasteiger partial charge in [-0.2, -0.15) is 0 Å². The van der Waals surface area contributed by atoms with Crippen molar-refractivity contribution in [1.29, 1.82) is 0 Å². The first-order chi connectivity index (χ1) is 7.38. The molecule has 0 aliphatic heterocycles.